The Bertz CT molecular complexity index is 1560. The number of hydrogen-bond donors (Lipinski definition) is 5. The van der Waals surface area contributed by atoms with Gasteiger partial charge < -0.3 is 64.0 Å². The van der Waals surface area contributed by atoms with Crippen molar-refractivity contribution in [3.63, 3.8) is 0 Å². The van der Waals surface area contributed by atoms with Gasteiger partial charge in [0.25, 0.3) is 0 Å². The number of nitrogens with one attached hydrogen (secondary N) is 1. The van der Waals surface area contributed by atoms with E-state index in [1.807, 2.05) is 65.7 Å². The van der Waals surface area contributed by atoms with Crippen molar-refractivity contribution in [2.75, 3.05) is 40.8 Å². The minimum Gasteiger partial charge on any atom is -0.459 e. The van der Waals surface area contributed by atoms with Gasteiger partial charge in [-0.1, -0.05) is 47.6 Å². The first kappa shape index (κ1) is 53.8. The molecule has 4 heterocycles. The molecule has 364 valence electrons. The molecule has 0 amide bonds. The quantitative estimate of drug-likeness (QED) is 0.174. The van der Waals surface area contributed by atoms with Gasteiger partial charge >= 0.3 is 5.97 Å². The molecule has 0 radical (unpaired) electrons. The maximum atomic E-state index is 14.6. The first-order valence-electron chi connectivity index (χ1n) is 23.6. The highest BCUT2D eigenvalue weighted by atomic mass is 16.7. The zero-order chi connectivity index (χ0) is 47.2. The molecule has 0 spiro atoms. The number of nitrogens with zero attached hydrogens (tertiary/aromatic N) is 3. The lowest BCUT2D eigenvalue weighted by Crippen LogP contribution is -2.70. The number of cyclic esters (lactones) is 1. The number of carbonyl (C=O) groups excluding carboxylic acids is 1. The third kappa shape index (κ3) is 12.4. The molecule has 4 rings (SSSR count). The standard InChI is InChI=1S/C48H86N4O11/c1-16-21-52-27-29(3)41(54)47(12,56)37(17-2)61-43(55)33(7)40(32(6)42(45(9,10)23-30(52)4)63-44-39(53)36(51(13)14)22-31(5)59-44)62-38-24-46(11,58-15)48(57,34(8)60-38)28-50-26-35-19-18-20-49-25-35/h18-20,25,29-34,36-42,44,50,53-54,56-57H,16-17,21-24,26-28H2,1-15H3/t29-,30+,31+,32-,33+,34-,36-,37+,38+,39+,40+,41+,42+,44-,46-,47+,48+/m0/s1. The number of pyridine rings is 1. The van der Waals surface area contributed by atoms with E-state index in [-0.39, 0.29) is 43.5 Å². The highest BCUT2D eigenvalue weighted by Crippen LogP contribution is 2.45. The minimum absolute atomic E-state index is 0.000327. The van der Waals surface area contributed by atoms with Crippen LogP contribution in [-0.4, -0.2) is 166 Å². The molecule has 0 unspecified atom stereocenters. The van der Waals surface area contributed by atoms with E-state index in [4.69, 9.17) is 28.4 Å². The maximum Gasteiger partial charge on any atom is 0.311 e. The minimum atomic E-state index is -1.76. The SMILES string of the molecule is CCCN1C[C@H](C)[C@@H](O)[C@](C)(O)[C@@H](CC)OC(=O)[C@H](C)[C@H](O[C@@H]2C[C@](C)(OC)[C@@](O)(CNCc3cccnc3)[C@H](C)O2)[C@H](C)[C@@H](O[C@@H]2O[C@H](C)C[C@H](N(C)C)[C@H]2O)C(C)(C)C[C@H]1C. The van der Waals surface area contributed by atoms with Crippen LogP contribution in [0.4, 0.5) is 0 Å². The van der Waals surface area contributed by atoms with Crippen LogP contribution in [0.5, 0.6) is 0 Å². The molecule has 15 heteroatoms. The normalized spacial score (nSPS) is 42.6. The molecule has 0 aromatic carbocycles. The van der Waals surface area contributed by atoms with Crippen molar-refractivity contribution in [1.82, 2.24) is 20.1 Å². The molecular weight excluding hydrogens is 809 g/mol. The number of likely N-dealkylation sites (N-methyl/N-ethyl adjacent to an activating group) is 1. The van der Waals surface area contributed by atoms with Crippen LogP contribution in [0.2, 0.25) is 0 Å². The molecule has 0 saturated carbocycles. The van der Waals surface area contributed by atoms with Crippen molar-refractivity contribution in [2.24, 2.45) is 23.2 Å². The predicted molar refractivity (Wildman–Crippen MR) is 241 cm³/mol. The van der Waals surface area contributed by atoms with Crippen LogP contribution in [-0.2, 0) is 39.8 Å². The fraction of sp³-hybridized carbons (Fsp3) is 0.875. The molecule has 1 aromatic rings. The second-order valence-corrected chi connectivity index (χ2v) is 20.6. The number of aliphatic hydroxyl groups is 4. The van der Waals surface area contributed by atoms with E-state index in [0.717, 1.165) is 18.5 Å². The number of carbonyl (C=O) groups is 1. The van der Waals surface area contributed by atoms with E-state index in [1.54, 1.807) is 40.3 Å². The molecule has 0 bridgehead atoms. The number of ether oxygens (including phenoxy) is 6. The van der Waals surface area contributed by atoms with Crippen LogP contribution in [0.3, 0.4) is 0 Å². The Labute approximate surface area is 378 Å². The number of aliphatic hydroxyl groups excluding tert-OH is 2. The summed E-state index contributed by atoms with van der Waals surface area (Å²) in [5.41, 5.74) is -4.06. The van der Waals surface area contributed by atoms with E-state index in [2.05, 4.69) is 42.9 Å². The zero-order valence-electron chi connectivity index (χ0n) is 41.2. The van der Waals surface area contributed by atoms with E-state index in [0.29, 0.717) is 25.9 Å². The highest BCUT2D eigenvalue weighted by molar-refractivity contribution is 5.73. The zero-order valence-corrected chi connectivity index (χ0v) is 41.2. The second kappa shape index (κ2) is 22.3. The first-order chi connectivity index (χ1) is 29.4. The van der Waals surface area contributed by atoms with Gasteiger partial charge in [0.15, 0.2) is 12.6 Å². The monoisotopic (exact) mass is 895 g/mol. The van der Waals surface area contributed by atoms with Gasteiger partial charge in [-0.05, 0) is 111 Å². The summed E-state index contributed by atoms with van der Waals surface area (Å²) >= 11 is 0. The maximum absolute atomic E-state index is 14.6. The molecule has 3 aliphatic heterocycles. The van der Waals surface area contributed by atoms with Crippen molar-refractivity contribution in [3.8, 4) is 0 Å². The van der Waals surface area contributed by atoms with Gasteiger partial charge in [0.05, 0.1) is 36.4 Å². The lowest BCUT2D eigenvalue weighted by Gasteiger charge is -2.54. The lowest BCUT2D eigenvalue weighted by molar-refractivity contribution is -0.334. The van der Waals surface area contributed by atoms with Gasteiger partial charge in [-0.2, -0.15) is 0 Å². The van der Waals surface area contributed by atoms with Gasteiger partial charge in [-0.15, -0.1) is 0 Å². The Morgan fingerprint density at radius 3 is 2.27 bits per heavy atom. The summed E-state index contributed by atoms with van der Waals surface area (Å²) in [6.45, 7) is 25.1. The van der Waals surface area contributed by atoms with Crippen LogP contribution < -0.4 is 5.32 Å². The van der Waals surface area contributed by atoms with Gasteiger partial charge in [0.2, 0.25) is 0 Å². The van der Waals surface area contributed by atoms with Crippen molar-refractivity contribution in [1.29, 1.82) is 0 Å². The number of esters is 1. The summed E-state index contributed by atoms with van der Waals surface area (Å²) in [7, 11) is 5.44. The Kier molecular flexibility index (Phi) is 19.0. The van der Waals surface area contributed by atoms with Gasteiger partial charge in [0.1, 0.15) is 29.0 Å². The number of methoxy groups -OCH3 is 1. The largest absolute Gasteiger partial charge is 0.459 e. The summed E-state index contributed by atoms with van der Waals surface area (Å²) < 4.78 is 39.5. The molecular formula is C48H86N4O11. The van der Waals surface area contributed by atoms with E-state index in [1.165, 1.54) is 0 Å². The average molecular weight is 895 g/mol. The Hall–Kier alpha value is -1.86. The molecule has 0 aliphatic carbocycles. The predicted octanol–water partition coefficient (Wildman–Crippen LogP) is 4.51. The van der Waals surface area contributed by atoms with Crippen LogP contribution in [0, 0.1) is 23.2 Å². The van der Waals surface area contributed by atoms with Gasteiger partial charge in [0, 0.05) is 63.6 Å². The molecule has 3 saturated heterocycles. The van der Waals surface area contributed by atoms with E-state index in [9.17, 15) is 25.2 Å². The molecule has 5 N–H and O–H groups in total. The first-order valence-corrected chi connectivity index (χ1v) is 23.6. The average Bonchev–Trinajstić information content (AvgIpc) is 3.22. The smallest absolute Gasteiger partial charge is 0.311 e. The number of hydrogen-bond acceptors (Lipinski definition) is 15. The van der Waals surface area contributed by atoms with Crippen LogP contribution in [0.15, 0.2) is 24.5 Å². The second-order valence-electron chi connectivity index (χ2n) is 20.6. The Balaban J connectivity index is 1.81. The van der Waals surface area contributed by atoms with Crippen molar-refractivity contribution in [2.45, 2.75) is 206 Å². The fourth-order valence-electron chi connectivity index (χ4n) is 10.8. The molecule has 15 nitrogen and oxygen atoms in total. The van der Waals surface area contributed by atoms with Crippen molar-refractivity contribution < 1.29 is 53.6 Å². The summed E-state index contributed by atoms with van der Waals surface area (Å²) in [5, 5.41) is 51.3. The third-order valence-corrected chi connectivity index (χ3v) is 14.8. The van der Waals surface area contributed by atoms with Crippen LogP contribution >= 0.6 is 0 Å². The summed E-state index contributed by atoms with van der Waals surface area (Å²) in [4.78, 5) is 23.2. The topological polar surface area (TPSA) is 185 Å². The Morgan fingerprint density at radius 1 is 1.00 bits per heavy atom. The van der Waals surface area contributed by atoms with Crippen LogP contribution in [0.1, 0.15) is 121 Å². The molecule has 3 fully saturated rings. The Morgan fingerprint density at radius 2 is 1.68 bits per heavy atom. The molecule has 17 atom stereocenters. The van der Waals surface area contributed by atoms with Gasteiger partial charge in [-0.3, -0.25) is 9.78 Å². The van der Waals surface area contributed by atoms with E-state index < -0.39 is 89.2 Å². The van der Waals surface area contributed by atoms with Crippen molar-refractivity contribution >= 4 is 5.97 Å². The van der Waals surface area contributed by atoms with Gasteiger partial charge in [-0.25, -0.2) is 0 Å². The summed E-state index contributed by atoms with van der Waals surface area (Å²) in [6, 6.07) is 3.61. The third-order valence-electron chi connectivity index (χ3n) is 14.8. The molecule has 1 aromatic heterocycles. The number of rotatable bonds is 13. The van der Waals surface area contributed by atoms with E-state index >= 15 is 0 Å². The molecule has 3 aliphatic rings. The molecule has 63 heavy (non-hydrogen) atoms. The lowest BCUT2D eigenvalue weighted by atomic mass is 9.72. The summed E-state index contributed by atoms with van der Waals surface area (Å²) in [6.07, 6.45) is -1.67. The van der Waals surface area contributed by atoms with Crippen molar-refractivity contribution in [3.05, 3.63) is 30.1 Å². The number of aromatic nitrogens is 1. The summed E-state index contributed by atoms with van der Waals surface area (Å²) in [5.74, 6) is -2.48. The van der Waals surface area contributed by atoms with Crippen LogP contribution in [0.25, 0.3) is 0 Å². The highest BCUT2D eigenvalue weighted by Gasteiger charge is 2.58. The fourth-order valence-corrected chi connectivity index (χ4v) is 10.8.